The normalized spacial score (nSPS) is 20.2. The highest BCUT2D eigenvalue weighted by Crippen LogP contribution is 2.44. The zero-order valence-electron chi connectivity index (χ0n) is 17.3. The molecule has 0 amide bonds. The molecular weight excluding hydrogens is 409 g/mol. The third-order valence-corrected chi connectivity index (χ3v) is 6.99. The molecule has 3 nitrogen and oxygen atoms in total. The van der Waals surface area contributed by atoms with Crippen LogP contribution >= 0.6 is 11.6 Å². The molecular formula is C26H25ClFN3. The van der Waals surface area contributed by atoms with Crippen molar-refractivity contribution in [1.29, 1.82) is 0 Å². The van der Waals surface area contributed by atoms with Gasteiger partial charge in [0, 0.05) is 22.5 Å². The number of hydrogen-bond acceptors (Lipinski definition) is 2. The van der Waals surface area contributed by atoms with Crippen LogP contribution in [0.4, 0.5) is 4.39 Å². The minimum atomic E-state index is -0.202. The number of aromatic nitrogens is 3. The maximum atomic E-state index is 13.9. The number of aromatic amines is 1. The molecule has 0 radical (unpaired) electrons. The first-order valence-electron chi connectivity index (χ1n) is 10.9. The van der Waals surface area contributed by atoms with Gasteiger partial charge in [-0.25, -0.2) is 9.37 Å². The van der Waals surface area contributed by atoms with Crippen LogP contribution in [-0.4, -0.2) is 15.0 Å². The van der Waals surface area contributed by atoms with E-state index in [0.29, 0.717) is 22.8 Å². The van der Waals surface area contributed by atoms with Gasteiger partial charge in [0.2, 0.25) is 0 Å². The Morgan fingerprint density at radius 3 is 2.71 bits per heavy atom. The van der Waals surface area contributed by atoms with Crippen molar-refractivity contribution >= 4 is 33.5 Å². The third-order valence-electron chi connectivity index (χ3n) is 6.75. The van der Waals surface area contributed by atoms with Crippen LogP contribution in [0.3, 0.4) is 0 Å². The van der Waals surface area contributed by atoms with Crippen LogP contribution in [0, 0.1) is 11.7 Å². The minimum absolute atomic E-state index is 0.202. The number of allylic oxidation sites excluding steroid dienone is 1. The van der Waals surface area contributed by atoms with Gasteiger partial charge in [-0.3, -0.25) is 4.98 Å². The molecule has 2 heterocycles. The number of halogens is 2. The number of rotatable bonds is 5. The monoisotopic (exact) mass is 433 g/mol. The van der Waals surface area contributed by atoms with Crippen LogP contribution in [0.1, 0.15) is 55.3 Å². The lowest BCUT2D eigenvalue weighted by Crippen LogP contribution is -2.20. The van der Waals surface area contributed by atoms with E-state index in [9.17, 15) is 4.39 Å². The van der Waals surface area contributed by atoms with E-state index in [4.69, 9.17) is 16.6 Å². The molecule has 1 saturated carbocycles. The standard InChI is InChI=1S/C26H25ClFN3/c1-2-3-21(26-30-24-10-8-18(27)14-25(24)31-26)17-6-4-16(5-7-17)20-12-13-29-23-11-9-19(28)15-22(20)23/h2,8-17,21H,1,3-7H2,(H,30,31)/t16?,17?,21-/m1/s1. The molecule has 1 aliphatic rings. The molecule has 158 valence electrons. The smallest absolute Gasteiger partial charge is 0.123 e. The van der Waals surface area contributed by atoms with E-state index in [1.54, 1.807) is 12.1 Å². The molecule has 0 aliphatic heterocycles. The highest BCUT2D eigenvalue weighted by molar-refractivity contribution is 6.31. The number of hydrogen-bond donors (Lipinski definition) is 1. The number of fused-ring (bicyclic) bond motifs is 2. The van der Waals surface area contributed by atoms with Crippen molar-refractivity contribution in [2.75, 3.05) is 0 Å². The summed E-state index contributed by atoms with van der Waals surface area (Å²) in [5, 5.41) is 1.66. The van der Waals surface area contributed by atoms with E-state index in [2.05, 4.69) is 22.6 Å². The summed E-state index contributed by atoms with van der Waals surface area (Å²) >= 11 is 6.15. The SMILES string of the molecule is C=CC[C@@H](c1nc2ccc(Cl)cc2[nH]1)C1CCC(c2ccnc3ccc(F)cc23)CC1. The van der Waals surface area contributed by atoms with Crippen molar-refractivity contribution in [3.63, 3.8) is 0 Å². The number of pyridine rings is 1. The quantitative estimate of drug-likeness (QED) is 0.330. The lowest BCUT2D eigenvalue weighted by molar-refractivity contribution is 0.277. The second-order valence-electron chi connectivity index (χ2n) is 8.59. The van der Waals surface area contributed by atoms with Gasteiger partial charge in [0.15, 0.2) is 0 Å². The van der Waals surface area contributed by atoms with Gasteiger partial charge in [0.05, 0.1) is 16.6 Å². The van der Waals surface area contributed by atoms with Gasteiger partial charge >= 0.3 is 0 Å². The van der Waals surface area contributed by atoms with Crippen molar-refractivity contribution in [2.24, 2.45) is 5.92 Å². The lowest BCUT2D eigenvalue weighted by atomic mass is 9.72. The van der Waals surface area contributed by atoms with Crippen LogP contribution < -0.4 is 0 Å². The Balaban J connectivity index is 1.38. The molecule has 0 bridgehead atoms. The van der Waals surface area contributed by atoms with Gasteiger partial charge in [-0.15, -0.1) is 6.58 Å². The zero-order chi connectivity index (χ0) is 21.4. The summed E-state index contributed by atoms with van der Waals surface area (Å²) in [5.74, 6) is 2.11. The van der Waals surface area contributed by atoms with Crippen molar-refractivity contribution in [2.45, 2.75) is 43.9 Å². The maximum absolute atomic E-state index is 13.9. The largest absolute Gasteiger partial charge is 0.342 e. The van der Waals surface area contributed by atoms with Crippen molar-refractivity contribution in [3.05, 3.63) is 83.5 Å². The zero-order valence-corrected chi connectivity index (χ0v) is 18.1. The molecule has 4 aromatic rings. The molecule has 2 aromatic heterocycles. The lowest BCUT2D eigenvalue weighted by Gasteiger charge is -2.33. The Morgan fingerprint density at radius 1 is 1.10 bits per heavy atom. The summed E-state index contributed by atoms with van der Waals surface area (Å²) in [6.45, 7) is 3.99. The van der Waals surface area contributed by atoms with E-state index < -0.39 is 0 Å². The van der Waals surface area contributed by atoms with E-state index in [1.807, 2.05) is 30.5 Å². The Bertz CT molecular complexity index is 1240. The van der Waals surface area contributed by atoms with Crippen LogP contribution in [0.5, 0.6) is 0 Å². The fourth-order valence-electron chi connectivity index (χ4n) is 5.21. The molecule has 0 spiro atoms. The summed E-state index contributed by atoms with van der Waals surface area (Å²) in [6, 6.07) is 12.7. The van der Waals surface area contributed by atoms with Gasteiger partial charge in [-0.2, -0.15) is 0 Å². The topological polar surface area (TPSA) is 41.6 Å². The fourth-order valence-corrected chi connectivity index (χ4v) is 5.38. The molecule has 1 N–H and O–H groups in total. The average Bonchev–Trinajstić information content (AvgIpc) is 3.20. The summed E-state index contributed by atoms with van der Waals surface area (Å²) in [6.07, 6.45) is 9.13. The molecule has 1 fully saturated rings. The molecule has 1 atom stereocenters. The van der Waals surface area contributed by atoms with Gasteiger partial charge < -0.3 is 4.98 Å². The second-order valence-corrected chi connectivity index (χ2v) is 9.02. The molecule has 5 heteroatoms. The summed E-state index contributed by atoms with van der Waals surface area (Å²) in [4.78, 5) is 12.8. The number of imidazole rings is 1. The highest BCUT2D eigenvalue weighted by atomic mass is 35.5. The number of benzene rings is 2. The molecule has 2 aromatic carbocycles. The Hall–Kier alpha value is -2.72. The summed E-state index contributed by atoms with van der Waals surface area (Å²) in [7, 11) is 0. The Morgan fingerprint density at radius 2 is 1.90 bits per heavy atom. The second kappa shape index (κ2) is 8.43. The van der Waals surface area contributed by atoms with Gasteiger partial charge in [0.1, 0.15) is 11.6 Å². The molecule has 31 heavy (non-hydrogen) atoms. The van der Waals surface area contributed by atoms with Crippen LogP contribution in [-0.2, 0) is 0 Å². The van der Waals surface area contributed by atoms with Gasteiger partial charge in [-0.05, 0) is 92.0 Å². The van der Waals surface area contributed by atoms with E-state index >= 15 is 0 Å². The Labute approximate surface area is 186 Å². The van der Waals surface area contributed by atoms with Crippen LogP contribution in [0.2, 0.25) is 5.02 Å². The predicted octanol–water partition coefficient (Wildman–Crippen LogP) is 7.54. The first kappa shape index (κ1) is 20.2. The van der Waals surface area contributed by atoms with Crippen LogP contribution in [0.15, 0.2) is 61.3 Å². The summed E-state index contributed by atoms with van der Waals surface area (Å²) < 4.78 is 13.9. The predicted molar refractivity (Wildman–Crippen MR) is 125 cm³/mol. The highest BCUT2D eigenvalue weighted by Gasteiger charge is 2.31. The van der Waals surface area contributed by atoms with E-state index in [0.717, 1.165) is 59.9 Å². The van der Waals surface area contributed by atoms with Gasteiger partial charge in [-0.1, -0.05) is 17.7 Å². The molecule has 0 unspecified atom stereocenters. The minimum Gasteiger partial charge on any atom is -0.342 e. The number of nitrogens with one attached hydrogen (secondary N) is 1. The first-order valence-corrected chi connectivity index (χ1v) is 11.3. The molecule has 1 aliphatic carbocycles. The van der Waals surface area contributed by atoms with Gasteiger partial charge in [0.25, 0.3) is 0 Å². The van der Waals surface area contributed by atoms with E-state index in [-0.39, 0.29) is 5.82 Å². The molecule has 5 rings (SSSR count). The average molecular weight is 434 g/mol. The third kappa shape index (κ3) is 3.97. The van der Waals surface area contributed by atoms with Crippen molar-refractivity contribution in [3.8, 4) is 0 Å². The number of nitrogens with zero attached hydrogens (tertiary/aromatic N) is 2. The van der Waals surface area contributed by atoms with Crippen molar-refractivity contribution < 1.29 is 4.39 Å². The summed E-state index contributed by atoms with van der Waals surface area (Å²) in [5.41, 5.74) is 4.02. The maximum Gasteiger partial charge on any atom is 0.123 e. The van der Waals surface area contributed by atoms with Crippen molar-refractivity contribution in [1.82, 2.24) is 15.0 Å². The fraction of sp³-hybridized carbons (Fsp3) is 0.308. The first-order chi connectivity index (χ1) is 15.1. The van der Waals surface area contributed by atoms with Crippen LogP contribution in [0.25, 0.3) is 21.9 Å². The molecule has 0 saturated heterocycles. The Kier molecular flexibility index (Phi) is 5.49. The van der Waals surface area contributed by atoms with E-state index in [1.165, 1.54) is 11.6 Å². The number of H-pyrrole nitrogens is 1.